The minimum atomic E-state index is -0.214. The van der Waals surface area contributed by atoms with Gasteiger partial charge in [-0.3, -0.25) is 9.59 Å². The molecule has 0 aliphatic rings. The predicted molar refractivity (Wildman–Crippen MR) is 119 cm³/mol. The summed E-state index contributed by atoms with van der Waals surface area (Å²) in [6.07, 6.45) is 3.84. The summed E-state index contributed by atoms with van der Waals surface area (Å²) in [5, 5.41) is 12.6. The Morgan fingerprint density at radius 1 is 1.32 bits per heavy atom. The van der Waals surface area contributed by atoms with E-state index in [2.05, 4.69) is 20.3 Å². The molecule has 0 spiro atoms. The van der Waals surface area contributed by atoms with E-state index in [1.165, 1.54) is 11.8 Å². The Bertz CT molecular complexity index is 1220. The van der Waals surface area contributed by atoms with E-state index in [0.29, 0.717) is 39.8 Å². The zero-order valence-corrected chi connectivity index (χ0v) is 18.2. The number of thioether (sulfide) groups is 1. The van der Waals surface area contributed by atoms with Crippen molar-refractivity contribution in [1.82, 2.24) is 15.0 Å². The standard InChI is InChI=1S/C22H21N5O3S/c1-13-11-16(30-21-15(12-23)5-4-10-24-21)6-8-18(13)26-19(28)9-7-17-14(2)25-22(31-3)27-20(17)29/h4-6,8,10-11H,7,9H2,1-3H3,(H,26,28)(H,25,27,29). The van der Waals surface area contributed by atoms with Gasteiger partial charge in [0.1, 0.15) is 17.4 Å². The molecule has 2 N–H and O–H groups in total. The van der Waals surface area contributed by atoms with E-state index in [1.54, 1.807) is 43.5 Å². The normalized spacial score (nSPS) is 10.4. The van der Waals surface area contributed by atoms with Gasteiger partial charge >= 0.3 is 0 Å². The molecule has 158 valence electrons. The highest BCUT2D eigenvalue weighted by molar-refractivity contribution is 7.98. The molecule has 0 saturated heterocycles. The number of carbonyl (C=O) groups is 1. The molecule has 0 aliphatic carbocycles. The molecule has 2 heterocycles. The molecular weight excluding hydrogens is 414 g/mol. The van der Waals surface area contributed by atoms with Crippen LogP contribution in [0.3, 0.4) is 0 Å². The topological polar surface area (TPSA) is 121 Å². The van der Waals surface area contributed by atoms with Crippen molar-refractivity contribution in [2.75, 3.05) is 11.6 Å². The second-order valence-corrected chi connectivity index (χ2v) is 7.53. The van der Waals surface area contributed by atoms with E-state index in [-0.39, 0.29) is 23.8 Å². The highest BCUT2D eigenvalue weighted by atomic mass is 32.2. The van der Waals surface area contributed by atoms with Crippen molar-refractivity contribution in [1.29, 1.82) is 5.26 Å². The lowest BCUT2D eigenvalue weighted by Crippen LogP contribution is -2.20. The maximum Gasteiger partial charge on any atom is 0.254 e. The fraction of sp³-hybridized carbons (Fsp3) is 0.227. The number of carbonyl (C=O) groups excluding carboxylic acids is 1. The number of hydrogen-bond donors (Lipinski definition) is 2. The van der Waals surface area contributed by atoms with Crippen LogP contribution in [0.2, 0.25) is 0 Å². The van der Waals surface area contributed by atoms with Gasteiger partial charge in [-0.2, -0.15) is 5.26 Å². The van der Waals surface area contributed by atoms with Crippen molar-refractivity contribution in [3.8, 4) is 17.7 Å². The number of pyridine rings is 1. The van der Waals surface area contributed by atoms with Crippen LogP contribution in [-0.4, -0.2) is 27.1 Å². The first-order valence-electron chi connectivity index (χ1n) is 9.48. The minimum Gasteiger partial charge on any atom is -0.438 e. The van der Waals surface area contributed by atoms with Crippen molar-refractivity contribution >= 4 is 23.4 Å². The fourth-order valence-corrected chi connectivity index (χ4v) is 3.36. The molecule has 0 radical (unpaired) electrons. The van der Waals surface area contributed by atoms with Crippen LogP contribution < -0.4 is 15.6 Å². The molecule has 3 rings (SSSR count). The maximum atomic E-state index is 12.4. The summed E-state index contributed by atoms with van der Waals surface area (Å²) in [6, 6.07) is 10.5. The number of benzene rings is 1. The Balaban J connectivity index is 1.65. The largest absolute Gasteiger partial charge is 0.438 e. The number of H-pyrrole nitrogens is 1. The Kier molecular flexibility index (Phi) is 7.05. The first kappa shape index (κ1) is 22.1. The van der Waals surface area contributed by atoms with Gasteiger partial charge in [-0.1, -0.05) is 11.8 Å². The van der Waals surface area contributed by atoms with Crippen molar-refractivity contribution in [2.24, 2.45) is 0 Å². The quantitative estimate of drug-likeness (QED) is 0.428. The number of amides is 1. The third kappa shape index (κ3) is 5.49. The molecule has 0 unspecified atom stereocenters. The van der Waals surface area contributed by atoms with E-state index in [1.807, 2.05) is 19.2 Å². The average molecular weight is 436 g/mol. The highest BCUT2D eigenvalue weighted by Gasteiger charge is 2.12. The molecule has 2 aromatic heterocycles. The molecule has 31 heavy (non-hydrogen) atoms. The number of rotatable bonds is 7. The van der Waals surface area contributed by atoms with Crippen molar-refractivity contribution in [3.63, 3.8) is 0 Å². The third-order valence-corrected chi connectivity index (χ3v) is 5.15. The number of aromatic nitrogens is 3. The number of aromatic amines is 1. The van der Waals surface area contributed by atoms with Crippen molar-refractivity contribution < 1.29 is 9.53 Å². The lowest BCUT2D eigenvalue weighted by molar-refractivity contribution is -0.116. The molecule has 0 fully saturated rings. The van der Waals surface area contributed by atoms with Gasteiger partial charge in [-0.05, 0) is 62.4 Å². The zero-order chi connectivity index (χ0) is 22.4. The smallest absolute Gasteiger partial charge is 0.254 e. The number of nitrogens with one attached hydrogen (secondary N) is 2. The number of anilines is 1. The third-order valence-electron chi connectivity index (χ3n) is 4.57. The second-order valence-electron chi connectivity index (χ2n) is 6.73. The van der Waals surface area contributed by atoms with Gasteiger partial charge < -0.3 is 15.0 Å². The summed E-state index contributed by atoms with van der Waals surface area (Å²) in [7, 11) is 0. The Labute approximate surface area is 183 Å². The summed E-state index contributed by atoms with van der Waals surface area (Å²) in [5.74, 6) is 0.525. The van der Waals surface area contributed by atoms with Gasteiger partial charge in [0, 0.05) is 29.6 Å². The lowest BCUT2D eigenvalue weighted by atomic mass is 10.1. The predicted octanol–water partition coefficient (Wildman–Crippen LogP) is 3.74. The van der Waals surface area contributed by atoms with Crippen LogP contribution in [0.25, 0.3) is 0 Å². The molecule has 0 aliphatic heterocycles. The number of ether oxygens (including phenoxy) is 1. The summed E-state index contributed by atoms with van der Waals surface area (Å²) in [4.78, 5) is 35.7. The molecule has 8 nitrogen and oxygen atoms in total. The Morgan fingerprint density at radius 3 is 2.81 bits per heavy atom. The van der Waals surface area contributed by atoms with Gasteiger partial charge in [0.05, 0.1) is 0 Å². The summed E-state index contributed by atoms with van der Waals surface area (Å²) in [6.45, 7) is 3.61. The van der Waals surface area contributed by atoms with Crippen LogP contribution in [0.1, 0.15) is 28.8 Å². The van der Waals surface area contributed by atoms with E-state index in [4.69, 9.17) is 10.00 Å². The van der Waals surface area contributed by atoms with Crippen LogP contribution in [-0.2, 0) is 11.2 Å². The molecule has 1 aromatic carbocycles. The maximum absolute atomic E-state index is 12.4. The van der Waals surface area contributed by atoms with Crippen molar-refractivity contribution in [3.05, 3.63) is 69.3 Å². The molecule has 1 amide bonds. The monoisotopic (exact) mass is 435 g/mol. The van der Waals surface area contributed by atoms with Crippen LogP contribution in [0, 0.1) is 25.2 Å². The van der Waals surface area contributed by atoms with Gasteiger partial charge in [0.25, 0.3) is 5.56 Å². The molecule has 0 atom stereocenters. The lowest BCUT2D eigenvalue weighted by Gasteiger charge is -2.11. The van der Waals surface area contributed by atoms with Gasteiger partial charge in [-0.15, -0.1) is 0 Å². The van der Waals surface area contributed by atoms with Crippen LogP contribution in [0.15, 0.2) is 46.5 Å². The number of nitrogens with zero attached hydrogens (tertiary/aromatic N) is 3. The number of aryl methyl sites for hydroxylation is 2. The van der Waals surface area contributed by atoms with E-state index in [0.717, 1.165) is 5.56 Å². The number of nitriles is 1. The summed E-state index contributed by atoms with van der Waals surface area (Å²) < 4.78 is 5.70. The summed E-state index contributed by atoms with van der Waals surface area (Å²) in [5.41, 5.74) is 2.69. The number of hydrogen-bond acceptors (Lipinski definition) is 7. The second kappa shape index (κ2) is 9.91. The Hall–Kier alpha value is -3.64. The SMILES string of the molecule is CSc1nc(C)c(CCC(=O)Nc2ccc(Oc3ncccc3C#N)cc2C)c(=O)[nH]1. The van der Waals surface area contributed by atoms with Crippen molar-refractivity contribution in [2.45, 2.75) is 31.8 Å². The zero-order valence-electron chi connectivity index (χ0n) is 17.4. The first-order chi connectivity index (χ1) is 14.9. The van der Waals surface area contributed by atoms with E-state index in [9.17, 15) is 9.59 Å². The average Bonchev–Trinajstić information content (AvgIpc) is 2.75. The highest BCUT2D eigenvalue weighted by Crippen LogP contribution is 2.26. The molecule has 0 bridgehead atoms. The van der Waals surface area contributed by atoms with Gasteiger partial charge in [0.15, 0.2) is 5.16 Å². The molecule has 0 saturated carbocycles. The molecule has 9 heteroatoms. The molecule has 3 aromatic rings. The first-order valence-corrected chi connectivity index (χ1v) is 10.7. The minimum absolute atomic E-state index is 0.154. The van der Waals surface area contributed by atoms with Crippen LogP contribution >= 0.6 is 11.8 Å². The van der Waals surface area contributed by atoms with E-state index >= 15 is 0 Å². The summed E-state index contributed by atoms with van der Waals surface area (Å²) >= 11 is 1.36. The van der Waals surface area contributed by atoms with Gasteiger partial charge in [-0.25, -0.2) is 9.97 Å². The van der Waals surface area contributed by atoms with E-state index < -0.39 is 0 Å². The Morgan fingerprint density at radius 2 is 2.13 bits per heavy atom. The fourth-order valence-electron chi connectivity index (χ4n) is 2.94. The van der Waals surface area contributed by atoms with Crippen LogP contribution in [0.5, 0.6) is 11.6 Å². The molecular formula is C22H21N5O3S. The van der Waals surface area contributed by atoms with Gasteiger partial charge in [0.2, 0.25) is 11.8 Å². The van der Waals surface area contributed by atoms with Crippen LogP contribution in [0.4, 0.5) is 5.69 Å².